The van der Waals surface area contributed by atoms with Gasteiger partial charge in [-0.3, -0.25) is 9.69 Å². The van der Waals surface area contributed by atoms with E-state index in [4.69, 9.17) is 4.74 Å². The highest BCUT2D eigenvalue weighted by atomic mass is 16.5. The number of hydrogen-bond acceptors (Lipinski definition) is 4. The van der Waals surface area contributed by atoms with Crippen LogP contribution in [0.4, 0.5) is 5.69 Å². The third kappa shape index (κ3) is 5.52. The van der Waals surface area contributed by atoms with Crippen molar-refractivity contribution in [2.45, 2.75) is 58.2 Å². The average Bonchev–Trinajstić information content (AvgIpc) is 2.50. The Morgan fingerprint density at radius 2 is 1.91 bits per heavy atom. The zero-order chi connectivity index (χ0) is 16.8. The van der Waals surface area contributed by atoms with Crippen molar-refractivity contribution in [3.63, 3.8) is 0 Å². The normalized spacial score (nSPS) is 23.3. The van der Waals surface area contributed by atoms with Crippen LogP contribution in [-0.2, 0) is 4.79 Å². The van der Waals surface area contributed by atoms with Crippen LogP contribution in [0.25, 0.3) is 0 Å². The molecular weight excluding hydrogens is 292 g/mol. The number of nitrogens with one attached hydrogen (secondary N) is 1. The molecule has 0 saturated carbocycles. The van der Waals surface area contributed by atoms with E-state index < -0.39 is 6.10 Å². The van der Waals surface area contributed by atoms with Crippen LogP contribution >= 0.6 is 0 Å². The van der Waals surface area contributed by atoms with Gasteiger partial charge in [-0.1, -0.05) is 6.42 Å². The smallest absolute Gasteiger partial charge is 0.221 e. The molecular formula is C18H28N2O3. The number of aliphatic hydroxyl groups is 1. The van der Waals surface area contributed by atoms with E-state index in [1.807, 2.05) is 0 Å². The van der Waals surface area contributed by atoms with Crippen LogP contribution in [0.2, 0.25) is 0 Å². The molecule has 2 rings (SSSR count). The lowest BCUT2D eigenvalue weighted by atomic mass is 9.97. The number of piperidine rings is 1. The maximum atomic E-state index is 11.0. The molecule has 128 valence electrons. The second-order valence-corrected chi connectivity index (χ2v) is 6.50. The second kappa shape index (κ2) is 8.31. The molecule has 1 fully saturated rings. The number of benzene rings is 1. The number of anilines is 1. The quantitative estimate of drug-likeness (QED) is 0.846. The third-order valence-corrected chi connectivity index (χ3v) is 4.41. The van der Waals surface area contributed by atoms with Crippen LogP contribution in [0, 0.1) is 0 Å². The van der Waals surface area contributed by atoms with Crippen LogP contribution in [0.1, 0.15) is 40.0 Å². The SMILES string of the molecule is CC(=O)Nc1ccc(OC[C@H](O)CN2[C@H](C)CCC[C@@H]2C)cc1. The van der Waals surface area contributed by atoms with Crippen molar-refractivity contribution >= 4 is 11.6 Å². The Kier molecular flexibility index (Phi) is 6.42. The molecule has 1 aliphatic rings. The van der Waals surface area contributed by atoms with Crippen LogP contribution in [0.5, 0.6) is 5.75 Å². The van der Waals surface area contributed by atoms with Gasteiger partial charge in [0.1, 0.15) is 18.5 Å². The van der Waals surface area contributed by atoms with Gasteiger partial charge >= 0.3 is 0 Å². The van der Waals surface area contributed by atoms with Gasteiger partial charge in [0, 0.05) is 31.2 Å². The van der Waals surface area contributed by atoms with E-state index in [1.165, 1.54) is 26.2 Å². The number of carbonyl (C=O) groups excluding carboxylic acids is 1. The lowest BCUT2D eigenvalue weighted by molar-refractivity contribution is -0.114. The Balaban J connectivity index is 1.79. The lowest BCUT2D eigenvalue weighted by Gasteiger charge is -2.40. The molecule has 1 heterocycles. The summed E-state index contributed by atoms with van der Waals surface area (Å²) in [6.45, 7) is 6.85. The first-order valence-electron chi connectivity index (χ1n) is 8.40. The highest BCUT2D eigenvalue weighted by molar-refractivity contribution is 5.88. The molecule has 23 heavy (non-hydrogen) atoms. The first-order valence-corrected chi connectivity index (χ1v) is 8.40. The molecule has 0 bridgehead atoms. The fourth-order valence-electron chi connectivity index (χ4n) is 3.16. The minimum atomic E-state index is -0.506. The zero-order valence-electron chi connectivity index (χ0n) is 14.3. The number of β-amino-alcohol motifs (C(OH)–C–C–N with tert-alkyl or cyclic N) is 1. The zero-order valence-corrected chi connectivity index (χ0v) is 14.3. The predicted octanol–water partition coefficient (Wildman–Crippen LogP) is 2.65. The highest BCUT2D eigenvalue weighted by Gasteiger charge is 2.26. The third-order valence-electron chi connectivity index (χ3n) is 4.41. The second-order valence-electron chi connectivity index (χ2n) is 6.50. The summed E-state index contributed by atoms with van der Waals surface area (Å²) in [5.41, 5.74) is 0.737. The summed E-state index contributed by atoms with van der Waals surface area (Å²) in [7, 11) is 0. The number of rotatable bonds is 6. The molecule has 0 radical (unpaired) electrons. The first kappa shape index (κ1) is 17.8. The minimum Gasteiger partial charge on any atom is -0.491 e. The summed E-state index contributed by atoms with van der Waals surface area (Å²) in [6.07, 6.45) is 3.16. The van der Waals surface area contributed by atoms with E-state index in [1.54, 1.807) is 24.3 Å². The van der Waals surface area contributed by atoms with E-state index >= 15 is 0 Å². The Bertz CT molecular complexity index is 493. The van der Waals surface area contributed by atoms with Crippen molar-refractivity contribution in [1.29, 1.82) is 0 Å². The largest absolute Gasteiger partial charge is 0.491 e. The minimum absolute atomic E-state index is 0.0983. The molecule has 0 aliphatic carbocycles. The predicted molar refractivity (Wildman–Crippen MR) is 91.7 cm³/mol. The summed E-state index contributed by atoms with van der Waals surface area (Å²) in [5.74, 6) is 0.594. The molecule has 1 aliphatic heterocycles. The highest BCUT2D eigenvalue weighted by Crippen LogP contribution is 2.22. The molecule has 1 amide bonds. The van der Waals surface area contributed by atoms with Gasteiger partial charge in [0.25, 0.3) is 0 Å². The Morgan fingerprint density at radius 1 is 1.30 bits per heavy atom. The van der Waals surface area contributed by atoms with Gasteiger partial charge in [0.05, 0.1) is 0 Å². The standard InChI is InChI=1S/C18H28N2O3/c1-13-5-4-6-14(2)20(13)11-17(22)12-23-18-9-7-16(8-10-18)19-15(3)21/h7-10,13-14,17,22H,4-6,11-12H2,1-3H3,(H,19,21)/t13-,14+,17-/m1/s1. The van der Waals surface area contributed by atoms with Crippen molar-refractivity contribution in [2.24, 2.45) is 0 Å². The number of ether oxygens (including phenoxy) is 1. The van der Waals surface area contributed by atoms with Crippen LogP contribution < -0.4 is 10.1 Å². The molecule has 0 aromatic heterocycles. The molecule has 0 unspecified atom stereocenters. The number of aliphatic hydroxyl groups excluding tert-OH is 1. The number of carbonyl (C=O) groups is 1. The van der Waals surface area contributed by atoms with E-state index in [-0.39, 0.29) is 12.5 Å². The monoisotopic (exact) mass is 320 g/mol. The Labute approximate surface area is 138 Å². The van der Waals surface area contributed by atoms with Gasteiger partial charge < -0.3 is 15.2 Å². The fraction of sp³-hybridized carbons (Fsp3) is 0.611. The van der Waals surface area contributed by atoms with Crippen LogP contribution in [0.15, 0.2) is 24.3 Å². The van der Waals surface area contributed by atoms with Crippen molar-refractivity contribution in [1.82, 2.24) is 4.90 Å². The molecule has 0 spiro atoms. The first-order chi connectivity index (χ1) is 11.0. The summed E-state index contributed by atoms with van der Waals surface area (Å²) in [4.78, 5) is 13.3. The molecule has 3 atom stereocenters. The van der Waals surface area contributed by atoms with Crippen molar-refractivity contribution in [2.75, 3.05) is 18.5 Å². The molecule has 2 N–H and O–H groups in total. The van der Waals surface area contributed by atoms with E-state index in [9.17, 15) is 9.90 Å². The van der Waals surface area contributed by atoms with E-state index in [0.29, 0.717) is 24.4 Å². The average molecular weight is 320 g/mol. The van der Waals surface area contributed by atoms with Crippen LogP contribution in [-0.4, -0.2) is 47.3 Å². The van der Waals surface area contributed by atoms with Gasteiger partial charge in [-0.05, 0) is 51.0 Å². The van der Waals surface area contributed by atoms with Gasteiger partial charge in [0.2, 0.25) is 5.91 Å². The molecule has 1 aromatic carbocycles. The van der Waals surface area contributed by atoms with Crippen molar-refractivity contribution in [3.8, 4) is 5.75 Å². The number of likely N-dealkylation sites (tertiary alicyclic amines) is 1. The molecule has 5 heteroatoms. The Morgan fingerprint density at radius 3 is 2.48 bits per heavy atom. The Hall–Kier alpha value is -1.59. The van der Waals surface area contributed by atoms with E-state index in [2.05, 4.69) is 24.1 Å². The molecule has 1 aromatic rings. The van der Waals surface area contributed by atoms with Gasteiger partial charge in [-0.25, -0.2) is 0 Å². The van der Waals surface area contributed by atoms with Gasteiger partial charge in [-0.15, -0.1) is 0 Å². The maximum Gasteiger partial charge on any atom is 0.221 e. The van der Waals surface area contributed by atoms with Crippen molar-refractivity contribution in [3.05, 3.63) is 24.3 Å². The van der Waals surface area contributed by atoms with Crippen LogP contribution in [0.3, 0.4) is 0 Å². The number of hydrogen-bond donors (Lipinski definition) is 2. The lowest BCUT2D eigenvalue weighted by Crippen LogP contribution is -2.48. The maximum absolute atomic E-state index is 11.0. The summed E-state index contributed by atoms with van der Waals surface area (Å²) in [5, 5.41) is 13.0. The number of amides is 1. The molecule has 1 saturated heterocycles. The van der Waals surface area contributed by atoms with Crippen molar-refractivity contribution < 1.29 is 14.6 Å². The van der Waals surface area contributed by atoms with E-state index in [0.717, 1.165) is 5.69 Å². The summed E-state index contributed by atoms with van der Waals surface area (Å²) < 4.78 is 5.65. The van der Waals surface area contributed by atoms with Gasteiger partial charge in [0.15, 0.2) is 0 Å². The number of nitrogens with zero attached hydrogens (tertiary/aromatic N) is 1. The summed E-state index contributed by atoms with van der Waals surface area (Å²) in [6, 6.07) is 8.21. The van der Waals surface area contributed by atoms with Gasteiger partial charge in [-0.2, -0.15) is 0 Å². The topological polar surface area (TPSA) is 61.8 Å². The summed E-state index contributed by atoms with van der Waals surface area (Å²) >= 11 is 0. The molecule has 5 nitrogen and oxygen atoms in total. The fourth-order valence-corrected chi connectivity index (χ4v) is 3.16.